The third kappa shape index (κ3) is 1.68. The highest BCUT2D eigenvalue weighted by Crippen LogP contribution is 2.24. The molecule has 0 aliphatic heterocycles. The Labute approximate surface area is 87.7 Å². The summed E-state index contributed by atoms with van der Waals surface area (Å²) in [6.07, 6.45) is 1.72. The summed E-state index contributed by atoms with van der Waals surface area (Å²) in [7, 11) is 1.55. The molecule has 2 aromatic rings. The molecule has 1 heterocycles. The fraction of sp³-hybridized carbons (Fsp3) is 0.167. The van der Waals surface area contributed by atoms with Gasteiger partial charge < -0.3 is 4.74 Å². The summed E-state index contributed by atoms with van der Waals surface area (Å²) in [5.41, 5.74) is 1.43. The average molecular weight is 201 g/mol. The molecule has 0 radical (unpaired) electrons. The highest BCUT2D eigenvalue weighted by molar-refractivity contribution is 6.00. The molecule has 1 aromatic carbocycles. The third-order valence-corrected chi connectivity index (χ3v) is 2.30. The van der Waals surface area contributed by atoms with Gasteiger partial charge in [-0.25, -0.2) is 0 Å². The lowest BCUT2D eigenvalue weighted by molar-refractivity contribution is 0.101. The summed E-state index contributed by atoms with van der Waals surface area (Å²) < 4.78 is 5.15. The Kier molecular flexibility index (Phi) is 2.37. The van der Waals surface area contributed by atoms with E-state index in [1.54, 1.807) is 19.4 Å². The van der Waals surface area contributed by atoms with Crippen molar-refractivity contribution in [3.05, 3.63) is 36.0 Å². The van der Waals surface area contributed by atoms with E-state index < -0.39 is 0 Å². The lowest BCUT2D eigenvalue weighted by atomic mass is 10.1. The molecule has 1 aromatic heterocycles. The number of Topliss-reactive ketones (excluding diaryl/α,β-unsaturated/α-hetero) is 1. The largest absolute Gasteiger partial charge is 0.496 e. The van der Waals surface area contributed by atoms with E-state index in [0.717, 1.165) is 10.9 Å². The Bertz CT molecular complexity index is 520. The van der Waals surface area contributed by atoms with Gasteiger partial charge in [-0.15, -0.1) is 0 Å². The lowest BCUT2D eigenvalue weighted by Gasteiger charge is -2.06. The molecule has 0 fully saturated rings. The van der Waals surface area contributed by atoms with E-state index in [1.165, 1.54) is 6.92 Å². The molecule has 0 saturated carbocycles. The maximum Gasteiger partial charge on any atom is 0.163 e. The number of benzene rings is 1. The van der Waals surface area contributed by atoms with E-state index in [4.69, 9.17) is 4.74 Å². The standard InChI is InChI=1S/C12H11NO2/c1-8(14)10-6-9-4-3-5-13-11(9)7-12(10)15-2/h3-7H,1-2H3. The number of nitrogens with zero attached hydrogens (tertiary/aromatic N) is 1. The van der Waals surface area contributed by atoms with Crippen molar-refractivity contribution >= 4 is 16.7 Å². The summed E-state index contributed by atoms with van der Waals surface area (Å²) in [6, 6.07) is 7.36. The zero-order chi connectivity index (χ0) is 10.8. The van der Waals surface area contributed by atoms with Crippen molar-refractivity contribution in [2.24, 2.45) is 0 Å². The molecule has 76 valence electrons. The highest BCUT2D eigenvalue weighted by Gasteiger charge is 2.09. The molecule has 0 saturated heterocycles. The van der Waals surface area contributed by atoms with E-state index in [-0.39, 0.29) is 5.78 Å². The first kappa shape index (κ1) is 9.65. The van der Waals surface area contributed by atoms with Crippen LogP contribution in [0.2, 0.25) is 0 Å². The predicted molar refractivity (Wildman–Crippen MR) is 58.3 cm³/mol. The van der Waals surface area contributed by atoms with Crippen LogP contribution in [0.3, 0.4) is 0 Å². The van der Waals surface area contributed by atoms with Crippen LogP contribution in [0.1, 0.15) is 17.3 Å². The van der Waals surface area contributed by atoms with Crippen molar-refractivity contribution < 1.29 is 9.53 Å². The smallest absolute Gasteiger partial charge is 0.163 e. The topological polar surface area (TPSA) is 39.2 Å². The molecule has 3 nitrogen and oxygen atoms in total. The van der Waals surface area contributed by atoms with E-state index in [1.807, 2.05) is 18.2 Å². The number of ketones is 1. The van der Waals surface area contributed by atoms with Crippen LogP contribution in [0.4, 0.5) is 0 Å². The Morgan fingerprint density at radius 1 is 1.40 bits per heavy atom. The molecule has 15 heavy (non-hydrogen) atoms. The van der Waals surface area contributed by atoms with Gasteiger partial charge in [-0.05, 0) is 19.1 Å². The number of hydrogen-bond acceptors (Lipinski definition) is 3. The number of rotatable bonds is 2. The van der Waals surface area contributed by atoms with Gasteiger partial charge in [0.1, 0.15) is 5.75 Å². The predicted octanol–water partition coefficient (Wildman–Crippen LogP) is 2.45. The van der Waals surface area contributed by atoms with Crippen LogP contribution >= 0.6 is 0 Å². The van der Waals surface area contributed by atoms with Gasteiger partial charge >= 0.3 is 0 Å². The van der Waals surface area contributed by atoms with Crippen LogP contribution in [-0.2, 0) is 0 Å². The second kappa shape index (κ2) is 3.69. The number of pyridine rings is 1. The first-order chi connectivity index (χ1) is 7.22. The van der Waals surface area contributed by atoms with E-state index in [0.29, 0.717) is 11.3 Å². The maximum absolute atomic E-state index is 11.4. The monoisotopic (exact) mass is 201 g/mol. The molecular formula is C12H11NO2. The summed E-state index contributed by atoms with van der Waals surface area (Å²) in [6.45, 7) is 1.53. The van der Waals surface area contributed by atoms with Crippen LogP contribution in [0.15, 0.2) is 30.5 Å². The van der Waals surface area contributed by atoms with Gasteiger partial charge in [-0.3, -0.25) is 9.78 Å². The lowest BCUT2D eigenvalue weighted by Crippen LogP contribution is -1.97. The third-order valence-electron chi connectivity index (χ3n) is 2.30. The van der Waals surface area contributed by atoms with Crippen molar-refractivity contribution in [3.8, 4) is 5.75 Å². The van der Waals surface area contributed by atoms with Crippen molar-refractivity contribution in [3.63, 3.8) is 0 Å². The fourth-order valence-electron chi connectivity index (χ4n) is 1.55. The molecular weight excluding hydrogens is 190 g/mol. The molecule has 3 heteroatoms. The van der Waals surface area contributed by atoms with E-state index >= 15 is 0 Å². The molecule has 0 spiro atoms. The molecule has 0 amide bonds. The number of carbonyl (C=O) groups is 1. The van der Waals surface area contributed by atoms with Gasteiger partial charge in [-0.1, -0.05) is 6.07 Å². The summed E-state index contributed by atoms with van der Waals surface area (Å²) in [5, 5.41) is 0.948. The van der Waals surface area contributed by atoms with Crippen molar-refractivity contribution in [1.82, 2.24) is 4.98 Å². The number of methoxy groups -OCH3 is 1. The quantitative estimate of drug-likeness (QED) is 0.700. The summed E-state index contributed by atoms with van der Waals surface area (Å²) >= 11 is 0. The fourth-order valence-corrected chi connectivity index (χ4v) is 1.55. The van der Waals surface area contributed by atoms with Gasteiger partial charge in [0.15, 0.2) is 5.78 Å². The number of carbonyl (C=O) groups excluding carboxylic acids is 1. The Hall–Kier alpha value is -1.90. The van der Waals surface area contributed by atoms with E-state index in [2.05, 4.69) is 4.98 Å². The first-order valence-corrected chi connectivity index (χ1v) is 4.66. The Balaban J connectivity index is 2.74. The average Bonchev–Trinajstić information content (AvgIpc) is 2.27. The van der Waals surface area contributed by atoms with E-state index in [9.17, 15) is 4.79 Å². The second-order valence-corrected chi connectivity index (χ2v) is 3.30. The summed E-state index contributed by atoms with van der Waals surface area (Å²) in [5.74, 6) is 0.575. The molecule has 0 aliphatic rings. The van der Waals surface area contributed by atoms with Crippen molar-refractivity contribution in [1.29, 1.82) is 0 Å². The molecule has 0 aliphatic carbocycles. The Morgan fingerprint density at radius 3 is 2.87 bits per heavy atom. The number of aromatic nitrogens is 1. The van der Waals surface area contributed by atoms with Gasteiger partial charge in [0, 0.05) is 17.6 Å². The molecule has 2 rings (SSSR count). The van der Waals surface area contributed by atoms with Crippen molar-refractivity contribution in [2.45, 2.75) is 6.92 Å². The number of fused-ring (bicyclic) bond motifs is 1. The van der Waals surface area contributed by atoms with Gasteiger partial charge in [0.2, 0.25) is 0 Å². The minimum atomic E-state index is -0.00222. The zero-order valence-electron chi connectivity index (χ0n) is 8.65. The molecule has 0 N–H and O–H groups in total. The van der Waals surface area contributed by atoms with Gasteiger partial charge in [0.05, 0.1) is 18.2 Å². The molecule has 0 atom stereocenters. The number of ether oxygens (including phenoxy) is 1. The zero-order valence-corrected chi connectivity index (χ0v) is 8.65. The number of hydrogen-bond donors (Lipinski definition) is 0. The first-order valence-electron chi connectivity index (χ1n) is 4.66. The summed E-state index contributed by atoms with van der Waals surface area (Å²) in [4.78, 5) is 15.6. The molecule has 0 unspecified atom stereocenters. The van der Waals surface area contributed by atoms with Crippen LogP contribution in [0.25, 0.3) is 10.9 Å². The van der Waals surface area contributed by atoms with Crippen LogP contribution in [0.5, 0.6) is 5.75 Å². The van der Waals surface area contributed by atoms with Crippen LogP contribution in [0, 0.1) is 0 Å². The minimum Gasteiger partial charge on any atom is -0.496 e. The van der Waals surface area contributed by atoms with Crippen LogP contribution in [-0.4, -0.2) is 17.9 Å². The Morgan fingerprint density at radius 2 is 2.20 bits per heavy atom. The van der Waals surface area contributed by atoms with Gasteiger partial charge in [0.25, 0.3) is 0 Å². The molecule has 0 bridgehead atoms. The SMILES string of the molecule is COc1cc2ncccc2cc1C(C)=O. The second-order valence-electron chi connectivity index (χ2n) is 3.30. The maximum atomic E-state index is 11.4. The van der Waals surface area contributed by atoms with Crippen molar-refractivity contribution in [2.75, 3.05) is 7.11 Å². The highest BCUT2D eigenvalue weighted by atomic mass is 16.5. The van der Waals surface area contributed by atoms with Crippen LogP contribution < -0.4 is 4.74 Å². The normalized spacial score (nSPS) is 10.3. The minimum absolute atomic E-state index is 0.00222. The van der Waals surface area contributed by atoms with Gasteiger partial charge in [-0.2, -0.15) is 0 Å².